The standard InChI is InChI=1S/C16H23N3OS/c1-3-5-11(6-4-2)15(20)19-16-13(9-17)12-7-8-18-10-14(12)21-16/h11,18H,3-8,10H2,1-2H3,(H,19,20). The van der Waals surface area contributed by atoms with Crippen LogP contribution in [0.2, 0.25) is 0 Å². The molecule has 0 bridgehead atoms. The van der Waals surface area contributed by atoms with Crippen LogP contribution in [0, 0.1) is 17.2 Å². The van der Waals surface area contributed by atoms with Gasteiger partial charge in [-0.15, -0.1) is 11.3 Å². The van der Waals surface area contributed by atoms with Crippen molar-refractivity contribution >= 4 is 22.2 Å². The summed E-state index contributed by atoms with van der Waals surface area (Å²) in [6, 6.07) is 2.28. The van der Waals surface area contributed by atoms with Gasteiger partial charge in [0.1, 0.15) is 11.1 Å². The van der Waals surface area contributed by atoms with Gasteiger partial charge < -0.3 is 10.6 Å². The highest BCUT2D eigenvalue weighted by Crippen LogP contribution is 2.35. The highest BCUT2D eigenvalue weighted by atomic mass is 32.1. The van der Waals surface area contributed by atoms with Crippen molar-refractivity contribution in [3.63, 3.8) is 0 Å². The third kappa shape index (κ3) is 3.63. The molecule has 1 aromatic heterocycles. The van der Waals surface area contributed by atoms with Crippen molar-refractivity contribution in [3.8, 4) is 6.07 Å². The smallest absolute Gasteiger partial charge is 0.228 e. The molecule has 0 unspecified atom stereocenters. The lowest BCUT2D eigenvalue weighted by molar-refractivity contribution is -0.120. The van der Waals surface area contributed by atoms with Gasteiger partial charge in [-0.2, -0.15) is 5.26 Å². The van der Waals surface area contributed by atoms with Gasteiger partial charge in [0.25, 0.3) is 0 Å². The second-order valence-electron chi connectivity index (χ2n) is 5.51. The number of thiophene rings is 1. The Balaban J connectivity index is 2.17. The van der Waals surface area contributed by atoms with Gasteiger partial charge in [-0.25, -0.2) is 0 Å². The summed E-state index contributed by atoms with van der Waals surface area (Å²) >= 11 is 1.55. The first-order chi connectivity index (χ1) is 10.2. The van der Waals surface area contributed by atoms with Crippen LogP contribution in [-0.2, 0) is 17.8 Å². The zero-order valence-corrected chi connectivity index (χ0v) is 13.6. The Morgan fingerprint density at radius 2 is 2.14 bits per heavy atom. The number of nitrogens with one attached hydrogen (secondary N) is 2. The highest BCUT2D eigenvalue weighted by molar-refractivity contribution is 7.16. The average molecular weight is 305 g/mol. The van der Waals surface area contributed by atoms with E-state index in [1.54, 1.807) is 11.3 Å². The fraction of sp³-hybridized carbons (Fsp3) is 0.625. The van der Waals surface area contributed by atoms with E-state index in [0.717, 1.165) is 55.8 Å². The van der Waals surface area contributed by atoms with Gasteiger partial charge in [-0.3, -0.25) is 4.79 Å². The summed E-state index contributed by atoms with van der Waals surface area (Å²) in [6.45, 7) is 5.91. The molecule has 2 N–H and O–H groups in total. The molecule has 1 amide bonds. The molecule has 1 aromatic rings. The Labute approximate surface area is 130 Å². The van der Waals surface area contributed by atoms with Crippen molar-refractivity contribution in [2.75, 3.05) is 11.9 Å². The Bertz CT molecular complexity index is 538. The molecular formula is C16H23N3OS. The van der Waals surface area contributed by atoms with Crippen molar-refractivity contribution in [2.24, 2.45) is 5.92 Å². The predicted octanol–water partition coefficient (Wildman–Crippen LogP) is 3.42. The van der Waals surface area contributed by atoms with Crippen LogP contribution in [0.25, 0.3) is 0 Å². The lowest BCUT2D eigenvalue weighted by Gasteiger charge is -2.14. The molecule has 5 heteroatoms. The summed E-state index contributed by atoms with van der Waals surface area (Å²) in [4.78, 5) is 13.6. The maximum absolute atomic E-state index is 12.4. The largest absolute Gasteiger partial charge is 0.316 e. The van der Waals surface area contributed by atoms with Crippen LogP contribution >= 0.6 is 11.3 Å². The molecule has 4 nitrogen and oxygen atoms in total. The molecule has 0 saturated heterocycles. The maximum Gasteiger partial charge on any atom is 0.228 e. The van der Waals surface area contributed by atoms with E-state index in [2.05, 4.69) is 30.6 Å². The van der Waals surface area contributed by atoms with Crippen LogP contribution in [0.1, 0.15) is 55.5 Å². The van der Waals surface area contributed by atoms with Crippen molar-refractivity contribution < 1.29 is 4.79 Å². The Hall–Kier alpha value is -1.38. The second-order valence-corrected chi connectivity index (χ2v) is 6.62. The first kappa shape index (κ1) is 16.0. The molecule has 0 saturated carbocycles. The van der Waals surface area contributed by atoms with Gasteiger partial charge in [0.05, 0.1) is 5.56 Å². The zero-order chi connectivity index (χ0) is 15.2. The first-order valence-corrected chi connectivity index (χ1v) is 8.59. The normalized spacial score (nSPS) is 13.8. The minimum Gasteiger partial charge on any atom is -0.316 e. The van der Waals surface area contributed by atoms with E-state index in [1.165, 1.54) is 4.88 Å². The van der Waals surface area contributed by atoms with Crippen LogP contribution in [-0.4, -0.2) is 12.5 Å². The van der Waals surface area contributed by atoms with E-state index in [0.29, 0.717) is 5.56 Å². The summed E-state index contributed by atoms with van der Waals surface area (Å²) in [5.74, 6) is 0.130. The number of hydrogen-bond donors (Lipinski definition) is 2. The van der Waals surface area contributed by atoms with E-state index >= 15 is 0 Å². The van der Waals surface area contributed by atoms with E-state index in [4.69, 9.17) is 0 Å². The average Bonchev–Trinajstić information content (AvgIpc) is 2.83. The third-order valence-electron chi connectivity index (χ3n) is 3.92. The van der Waals surface area contributed by atoms with Crippen molar-refractivity contribution in [1.29, 1.82) is 5.26 Å². The van der Waals surface area contributed by atoms with Crippen molar-refractivity contribution in [2.45, 2.75) is 52.5 Å². The summed E-state index contributed by atoms with van der Waals surface area (Å²) < 4.78 is 0. The molecule has 2 heterocycles. The minimum absolute atomic E-state index is 0.0591. The van der Waals surface area contributed by atoms with Gasteiger partial charge in [0.15, 0.2) is 0 Å². The Morgan fingerprint density at radius 1 is 1.43 bits per heavy atom. The van der Waals surface area contributed by atoms with Crippen LogP contribution in [0.4, 0.5) is 5.00 Å². The molecule has 2 rings (SSSR count). The molecule has 21 heavy (non-hydrogen) atoms. The number of carbonyl (C=O) groups is 1. The molecule has 0 atom stereocenters. The van der Waals surface area contributed by atoms with Crippen LogP contribution in [0.3, 0.4) is 0 Å². The Morgan fingerprint density at radius 3 is 2.76 bits per heavy atom. The van der Waals surface area contributed by atoms with Gasteiger partial charge in [0, 0.05) is 17.3 Å². The third-order valence-corrected chi connectivity index (χ3v) is 5.07. The number of fused-ring (bicyclic) bond motifs is 1. The SMILES string of the molecule is CCCC(CCC)C(=O)Nc1sc2c(c1C#N)CCNC2. The number of amides is 1. The quantitative estimate of drug-likeness (QED) is 0.846. The molecule has 0 fully saturated rings. The van der Waals surface area contributed by atoms with Gasteiger partial charge in [-0.1, -0.05) is 26.7 Å². The number of nitriles is 1. The molecular weight excluding hydrogens is 282 g/mol. The first-order valence-electron chi connectivity index (χ1n) is 7.77. The lowest BCUT2D eigenvalue weighted by atomic mass is 9.97. The number of nitrogens with zero attached hydrogens (tertiary/aromatic N) is 1. The molecule has 0 aromatic carbocycles. The lowest BCUT2D eigenvalue weighted by Crippen LogP contribution is -2.23. The monoisotopic (exact) mass is 305 g/mol. The fourth-order valence-electron chi connectivity index (χ4n) is 2.86. The highest BCUT2D eigenvalue weighted by Gasteiger charge is 2.24. The summed E-state index contributed by atoms with van der Waals surface area (Å²) in [7, 11) is 0. The predicted molar refractivity (Wildman–Crippen MR) is 86.4 cm³/mol. The van der Waals surface area contributed by atoms with Gasteiger partial charge in [-0.05, 0) is 31.4 Å². The van der Waals surface area contributed by atoms with E-state index in [-0.39, 0.29) is 11.8 Å². The van der Waals surface area contributed by atoms with Crippen molar-refractivity contribution in [1.82, 2.24) is 5.32 Å². The van der Waals surface area contributed by atoms with Crippen LogP contribution in [0.5, 0.6) is 0 Å². The molecule has 0 aliphatic carbocycles. The summed E-state index contributed by atoms with van der Waals surface area (Å²) in [6.07, 6.45) is 4.71. The molecule has 1 aliphatic heterocycles. The van der Waals surface area contributed by atoms with Crippen molar-refractivity contribution in [3.05, 3.63) is 16.0 Å². The van der Waals surface area contributed by atoms with E-state index < -0.39 is 0 Å². The Kier molecular flexibility index (Phi) is 5.77. The number of anilines is 1. The van der Waals surface area contributed by atoms with Crippen LogP contribution in [0.15, 0.2) is 0 Å². The summed E-state index contributed by atoms with van der Waals surface area (Å²) in [5, 5.41) is 16.5. The van der Waals surface area contributed by atoms with Gasteiger partial charge >= 0.3 is 0 Å². The number of rotatable bonds is 6. The van der Waals surface area contributed by atoms with E-state index in [9.17, 15) is 10.1 Å². The fourth-order valence-corrected chi connectivity index (χ4v) is 4.03. The minimum atomic E-state index is 0.0591. The second kappa shape index (κ2) is 7.58. The summed E-state index contributed by atoms with van der Waals surface area (Å²) in [5.41, 5.74) is 1.80. The number of hydrogen-bond acceptors (Lipinski definition) is 4. The van der Waals surface area contributed by atoms with Crippen LogP contribution < -0.4 is 10.6 Å². The topological polar surface area (TPSA) is 64.9 Å². The molecule has 114 valence electrons. The number of carbonyl (C=O) groups excluding carboxylic acids is 1. The zero-order valence-electron chi connectivity index (χ0n) is 12.8. The molecule has 1 aliphatic rings. The van der Waals surface area contributed by atoms with E-state index in [1.807, 2.05) is 0 Å². The molecule has 0 spiro atoms. The van der Waals surface area contributed by atoms with Gasteiger partial charge in [0.2, 0.25) is 5.91 Å². The maximum atomic E-state index is 12.4. The molecule has 0 radical (unpaired) electrons.